The summed E-state index contributed by atoms with van der Waals surface area (Å²) in [6.07, 6.45) is 3.94. The summed E-state index contributed by atoms with van der Waals surface area (Å²) in [4.78, 5) is 0. The van der Waals surface area contributed by atoms with Crippen molar-refractivity contribution in [2.45, 2.75) is 26.3 Å². The Morgan fingerprint density at radius 3 is 2.90 bits per heavy atom. The standard InChI is InChI=1S/C17H24N2O2/c1-2-3-11-20-16-7-4-6-15(13-16)19-10-9-18-14-17-8-5-12-21-17/h4-8,12-13,18-19H,2-3,9-11,14H2,1H3. The van der Waals surface area contributed by atoms with E-state index in [0.29, 0.717) is 0 Å². The van der Waals surface area contributed by atoms with E-state index in [4.69, 9.17) is 9.15 Å². The first-order valence-corrected chi connectivity index (χ1v) is 7.58. The molecule has 0 fully saturated rings. The fourth-order valence-electron chi connectivity index (χ4n) is 1.95. The van der Waals surface area contributed by atoms with Gasteiger partial charge in [-0.05, 0) is 30.7 Å². The van der Waals surface area contributed by atoms with Crippen molar-refractivity contribution in [1.29, 1.82) is 0 Å². The largest absolute Gasteiger partial charge is 0.494 e. The first-order valence-electron chi connectivity index (χ1n) is 7.58. The Bertz CT molecular complexity index is 497. The minimum Gasteiger partial charge on any atom is -0.494 e. The molecule has 4 nitrogen and oxygen atoms in total. The van der Waals surface area contributed by atoms with E-state index < -0.39 is 0 Å². The van der Waals surface area contributed by atoms with Crippen LogP contribution in [-0.2, 0) is 6.54 Å². The highest BCUT2D eigenvalue weighted by Crippen LogP contribution is 2.17. The van der Waals surface area contributed by atoms with E-state index >= 15 is 0 Å². The first-order chi connectivity index (χ1) is 10.4. The van der Waals surface area contributed by atoms with E-state index in [1.54, 1.807) is 6.26 Å². The third kappa shape index (κ3) is 5.92. The Kier molecular flexibility index (Phi) is 6.68. The lowest BCUT2D eigenvalue weighted by Gasteiger charge is -2.10. The average Bonchev–Trinajstić information content (AvgIpc) is 3.01. The van der Waals surface area contributed by atoms with Gasteiger partial charge in [-0.1, -0.05) is 19.4 Å². The van der Waals surface area contributed by atoms with Crippen LogP contribution in [0, 0.1) is 0 Å². The molecule has 0 amide bonds. The first kappa shape index (κ1) is 15.4. The number of hydrogen-bond donors (Lipinski definition) is 2. The van der Waals surface area contributed by atoms with Gasteiger partial charge in [-0.2, -0.15) is 0 Å². The summed E-state index contributed by atoms with van der Waals surface area (Å²) in [5.41, 5.74) is 1.09. The number of ether oxygens (including phenoxy) is 1. The van der Waals surface area contributed by atoms with Crippen LogP contribution in [0.15, 0.2) is 47.1 Å². The predicted molar refractivity (Wildman–Crippen MR) is 85.7 cm³/mol. The van der Waals surface area contributed by atoms with E-state index in [1.807, 2.05) is 30.3 Å². The Morgan fingerprint density at radius 2 is 2.10 bits per heavy atom. The predicted octanol–water partition coefficient (Wildman–Crippen LogP) is 3.66. The summed E-state index contributed by atoms with van der Waals surface area (Å²) < 4.78 is 11.0. The summed E-state index contributed by atoms with van der Waals surface area (Å²) in [7, 11) is 0. The number of anilines is 1. The Morgan fingerprint density at radius 1 is 1.14 bits per heavy atom. The Labute approximate surface area is 126 Å². The van der Waals surface area contributed by atoms with Crippen LogP contribution in [0.4, 0.5) is 5.69 Å². The van der Waals surface area contributed by atoms with Crippen LogP contribution in [-0.4, -0.2) is 19.7 Å². The van der Waals surface area contributed by atoms with Crippen LogP contribution in [0.5, 0.6) is 5.75 Å². The lowest BCUT2D eigenvalue weighted by Crippen LogP contribution is -2.21. The van der Waals surface area contributed by atoms with Crippen molar-refractivity contribution in [2.75, 3.05) is 25.0 Å². The lowest BCUT2D eigenvalue weighted by molar-refractivity contribution is 0.309. The maximum Gasteiger partial charge on any atom is 0.121 e. The maximum absolute atomic E-state index is 5.70. The highest BCUT2D eigenvalue weighted by molar-refractivity contribution is 5.48. The van der Waals surface area contributed by atoms with E-state index in [-0.39, 0.29) is 0 Å². The van der Waals surface area contributed by atoms with Gasteiger partial charge >= 0.3 is 0 Å². The zero-order valence-corrected chi connectivity index (χ0v) is 12.6. The molecule has 0 saturated carbocycles. The zero-order chi connectivity index (χ0) is 14.8. The van der Waals surface area contributed by atoms with Crippen LogP contribution in [0.2, 0.25) is 0 Å². The van der Waals surface area contributed by atoms with Crippen molar-refractivity contribution < 1.29 is 9.15 Å². The number of furan rings is 1. The zero-order valence-electron chi connectivity index (χ0n) is 12.6. The summed E-state index contributed by atoms with van der Waals surface area (Å²) in [5.74, 6) is 1.89. The molecule has 1 aromatic heterocycles. The third-order valence-corrected chi connectivity index (χ3v) is 3.11. The Hall–Kier alpha value is -1.94. The molecular weight excluding hydrogens is 264 g/mol. The van der Waals surface area contributed by atoms with E-state index in [9.17, 15) is 0 Å². The monoisotopic (exact) mass is 288 g/mol. The summed E-state index contributed by atoms with van der Waals surface area (Å²) in [6.45, 7) is 5.44. The molecule has 0 aliphatic heterocycles. The highest BCUT2D eigenvalue weighted by Gasteiger charge is 1.97. The molecule has 4 heteroatoms. The van der Waals surface area contributed by atoms with Gasteiger partial charge in [0.25, 0.3) is 0 Å². The minimum atomic E-state index is 0.759. The van der Waals surface area contributed by atoms with Crippen molar-refractivity contribution in [1.82, 2.24) is 5.32 Å². The fourth-order valence-corrected chi connectivity index (χ4v) is 1.95. The fraction of sp³-hybridized carbons (Fsp3) is 0.412. The second kappa shape index (κ2) is 9.08. The number of unbranched alkanes of at least 4 members (excludes halogenated alkanes) is 1. The van der Waals surface area contributed by atoms with E-state index in [1.165, 1.54) is 0 Å². The van der Waals surface area contributed by atoms with Crippen LogP contribution < -0.4 is 15.4 Å². The van der Waals surface area contributed by atoms with Gasteiger partial charge in [-0.15, -0.1) is 0 Å². The molecule has 1 aromatic carbocycles. The van der Waals surface area contributed by atoms with Gasteiger partial charge in [-0.25, -0.2) is 0 Å². The molecule has 0 aliphatic carbocycles. The molecule has 0 spiro atoms. The smallest absolute Gasteiger partial charge is 0.121 e. The topological polar surface area (TPSA) is 46.4 Å². The van der Waals surface area contributed by atoms with Gasteiger partial charge in [0.1, 0.15) is 11.5 Å². The maximum atomic E-state index is 5.70. The molecule has 2 N–H and O–H groups in total. The molecule has 1 heterocycles. The molecule has 0 bridgehead atoms. The Balaban J connectivity index is 1.64. The normalized spacial score (nSPS) is 10.5. The van der Waals surface area contributed by atoms with Crippen molar-refractivity contribution >= 4 is 5.69 Å². The summed E-state index contributed by atoms with van der Waals surface area (Å²) in [5, 5.41) is 6.71. The molecule has 2 aromatic rings. The molecule has 2 rings (SSSR count). The summed E-state index contributed by atoms with van der Waals surface area (Å²) in [6, 6.07) is 12.0. The van der Waals surface area contributed by atoms with Crippen LogP contribution in [0.1, 0.15) is 25.5 Å². The van der Waals surface area contributed by atoms with Gasteiger partial charge in [0.15, 0.2) is 0 Å². The number of benzene rings is 1. The average molecular weight is 288 g/mol. The number of nitrogens with one attached hydrogen (secondary N) is 2. The van der Waals surface area contributed by atoms with Gasteiger partial charge in [-0.3, -0.25) is 0 Å². The van der Waals surface area contributed by atoms with E-state index in [2.05, 4.69) is 23.6 Å². The van der Waals surface area contributed by atoms with Crippen LogP contribution in [0.3, 0.4) is 0 Å². The molecule has 114 valence electrons. The van der Waals surface area contributed by atoms with Gasteiger partial charge in [0.2, 0.25) is 0 Å². The van der Waals surface area contributed by atoms with Gasteiger partial charge in [0.05, 0.1) is 19.4 Å². The molecule has 0 unspecified atom stereocenters. The van der Waals surface area contributed by atoms with Crippen molar-refractivity contribution in [3.05, 3.63) is 48.4 Å². The van der Waals surface area contributed by atoms with Crippen LogP contribution in [0.25, 0.3) is 0 Å². The second-order valence-corrected chi connectivity index (χ2v) is 4.91. The SMILES string of the molecule is CCCCOc1cccc(NCCNCc2ccco2)c1. The van der Waals surface area contributed by atoms with Gasteiger partial charge < -0.3 is 19.8 Å². The van der Waals surface area contributed by atoms with Crippen LogP contribution >= 0.6 is 0 Å². The molecule has 0 radical (unpaired) electrons. The minimum absolute atomic E-state index is 0.759. The van der Waals surface area contributed by atoms with Crippen molar-refractivity contribution in [3.8, 4) is 5.75 Å². The van der Waals surface area contributed by atoms with Crippen molar-refractivity contribution in [2.24, 2.45) is 0 Å². The molecule has 0 aliphatic rings. The molecular formula is C17H24N2O2. The summed E-state index contributed by atoms with van der Waals surface area (Å²) >= 11 is 0. The highest BCUT2D eigenvalue weighted by atomic mass is 16.5. The number of rotatable bonds is 10. The van der Waals surface area contributed by atoms with E-state index in [0.717, 1.165) is 56.3 Å². The molecule has 21 heavy (non-hydrogen) atoms. The van der Waals surface area contributed by atoms with Crippen molar-refractivity contribution in [3.63, 3.8) is 0 Å². The quantitative estimate of drug-likeness (QED) is 0.655. The van der Waals surface area contributed by atoms with Gasteiger partial charge in [0, 0.05) is 24.8 Å². The lowest BCUT2D eigenvalue weighted by atomic mass is 10.3. The third-order valence-electron chi connectivity index (χ3n) is 3.11. The molecule has 0 atom stereocenters. The molecule has 0 saturated heterocycles. The number of hydrogen-bond acceptors (Lipinski definition) is 4. The second-order valence-electron chi connectivity index (χ2n) is 4.91.